The van der Waals surface area contributed by atoms with Crippen molar-refractivity contribution >= 4 is 17.6 Å². The zero-order chi connectivity index (χ0) is 18.4. The molecule has 27 heavy (non-hydrogen) atoms. The molecule has 1 amide bonds. The summed E-state index contributed by atoms with van der Waals surface area (Å²) in [4.78, 5) is 27.2. The third kappa shape index (κ3) is 3.06. The highest BCUT2D eigenvalue weighted by atomic mass is 16.2. The minimum atomic E-state index is -0.243. The number of amides is 1. The van der Waals surface area contributed by atoms with E-state index in [1.165, 1.54) is 11.1 Å². The van der Waals surface area contributed by atoms with Crippen LogP contribution < -0.4 is 5.32 Å². The van der Waals surface area contributed by atoms with E-state index in [0.717, 1.165) is 69.2 Å². The molecule has 0 aliphatic carbocycles. The molecule has 1 N–H and O–H groups in total. The summed E-state index contributed by atoms with van der Waals surface area (Å²) < 4.78 is 0. The average molecular weight is 365 g/mol. The van der Waals surface area contributed by atoms with Gasteiger partial charge >= 0.3 is 0 Å². The molecule has 6 nitrogen and oxygen atoms in total. The molecule has 1 aromatic rings. The number of carbonyl (C=O) groups excluding carboxylic acids is 1. The van der Waals surface area contributed by atoms with Crippen LogP contribution in [0, 0.1) is 5.41 Å². The summed E-state index contributed by atoms with van der Waals surface area (Å²) in [5.41, 5.74) is 3.37. The van der Waals surface area contributed by atoms with Crippen LogP contribution in [0.1, 0.15) is 31.9 Å². The predicted octanol–water partition coefficient (Wildman–Crippen LogP) is 2.09. The van der Waals surface area contributed by atoms with Crippen molar-refractivity contribution in [3.8, 4) is 0 Å². The van der Waals surface area contributed by atoms with E-state index in [1.807, 2.05) is 11.0 Å². The number of anilines is 1. The molecule has 0 aromatic carbocycles. The van der Waals surface area contributed by atoms with Crippen LogP contribution in [0.3, 0.4) is 0 Å². The molecule has 0 saturated carbocycles. The van der Waals surface area contributed by atoms with Gasteiger partial charge in [-0.2, -0.15) is 0 Å². The van der Waals surface area contributed by atoms with Crippen LogP contribution in [0.5, 0.6) is 0 Å². The van der Waals surface area contributed by atoms with E-state index in [9.17, 15) is 4.79 Å². The van der Waals surface area contributed by atoms with Crippen LogP contribution in [-0.4, -0.2) is 65.8 Å². The van der Waals surface area contributed by atoms with Crippen molar-refractivity contribution in [2.75, 3.05) is 44.6 Å². The number of nitrogens with one attached hydrogen (secondary N) is 1. The number of aliphatic imine (C=N–C) groups is 1. The summed E-state index contributed by atoms with van der Waals surface area (Å²) >= 11 is 0. The molecule has 5 heterocycles. The van der Waals surface area contributed by atoms with Gasteiger partial charge in [-0.25, -0.2) is 4.98 Å². The van der Waals surface area contributed by atoms with E-state index in [-0.39, 0.29) is 5.41 Å². The Morgan fingerprint density at radius 2 is 2.11 bits per heavy atom. The van der Waals surface area contributed by atoms with Crippen LogP contribution in [0.4, 0.5) is 5.82 Å². The number of fused-ring (bicyclic) bond motifs is 5. The van der Waals surface area contributed by atoms with Crippen molar-refractivity contribution in [2.24, 2.45) is 10.4 Å². The van der Waals surface area contributed by atoms with E-state index in [2.05, 4.69) is 34.3 Å². The smallest absolute Gasteiger partial charge is 0.230 e. The number of aryl methyl sites for hydroxylation is 1. The van der Waals surface area contributed by atoms with Crippen molar-refractivity contribution in [1.29, 1.82) is 0 Å². The Morgan fingerprint density at radius 3 is 3.04 bits per heavy atom. The molecule has 4 aliphatic heterocycles. The van der Waals surface area contributed by atoms with Gasteiger partial charge in [-0.3, -0.25) is 9.79 Å². The highest BCUT2D eigenvalue weighted by Crippen LogP contribution is 2.35. The van der Waals surface area contributed by atoms with Crippen LogP contribution >= 0.6 is 0 Å². The fourth-order valence-electron chi connectivity index (χ4n) is 4.86. The number of nitrogens with zero attached hydrogens (tertiary/aromatic N) is 4. The van der Waals surface area contributed by atoms with Crippen LogP contribution in [-0.2, 0) is 11.2 Å². The molecule has 2 atom stereocenters. The highest BCUT2D eigenvalue weighted by molar-refractivity contribution is 6.11. The Morgan fingerprint density at radius 1 is 1.19 bits per heavy atom. The van der Waals surface area contributed by atoms with Gasteiger partial charge in [0.25, 0.3) is 0 Å². The van der Waals surface area contributed by atoms with Gasteiger partial charge in [0.2, 0.25) is 5.91 Å². The van der Waals surface area contributed by atoms with Gasteiger partial charge in [0.1, 0.15) is 11.7 Å². The van der Waals surface area contributed by atoms with Crippen molar-refractivity contribution in [1.82, 2.24) is 14.8 Å². The molecule has 1 aromatic heterocycles. The van der Waals surface area contributed by atoms with Crippen molar-refractivity contribution < 1.29 is 4.79 Å². The number of pyridine rings is 1. The number of hydrogen-bond acceptors (Lipinski definition) is 5. The van der Waals surface area contributed by atoms with E-state index in [1.54, 1.807) is 0 Å². The van der Waals surface area contributed by atoms with Crippen molar-refractivity contribution in [3.63, 3.8) is 0 Å². The standard InChI is InChI=1S/C21H27N5O/c1-21-8-10-25(14-21)9-3-2-5-16-6-4-7-18(23-16)24-19-17-13-26(20(21)27)12-15(17)11-22-19/h4,6-7H,2-3,5,8-14H2,1H3,(H,22,23,24). The van der Waals surface area contributed by atoms with Gasteiger partial charge in [-0.05, 0) is 63.4 Å². The fraction of sp³-hybridized carbons (Fsp3) is 0.571. The molecule has 4 aliphatic rings. The zero-order valence-electron chi connectivity index (χ0n) is 16.0. The second kappa shape index (κ2) is 6.44. The summed E-state index contributed by atoms with van der Waals surface area (Å²) in [5, 5.41) is 3.41. The van der Waals surface area contributed by atoms with E-state index in [4.69, 9.17) is 4.98 Å². The third-order valence-corrected chi connectivity index (χ3v) is 6.44. The van der Waals surface area contributed by atoms with Gasteiger partial charge in [-0.1, -0.05) is 6.07 Å². The van der Waals surface area contributed by atoms with Crippen LogP contribution in [0.15, 0.2) is 34.3 Å². The van der Waals surface area contributed by atoms with Gasteiger partial charge in [0.05, 0.1) is 12.0 Å². The molecule has 5 rings (SSSR count). The van der Waals surface area contributed by atoms with E-state index < -0.39 is 0 Å². The lowest BCUT2D eigenvalue weighted by molar-refractivity contribution is -0.139. The first-order valence-electron chi connectivity index (χ1n) is 10.1. The summed E-state index contributed by atoms with van der Waals surface area (Å²) in [6.45, 7) is 7.26. The molecular weight excluding hydrogens is 338 g/mol. The van der Waals surface area contributed by atoms with E-state index >= 15 is 0 Å². The first-order valence-corrected chi connectivity index (χ1v) is 10.1. The largest absolute Gasteiger partial charge is 0.334 e. The quantitative estimate of drug-likeness (QED) is 0.765. The molecule has 0 spiro atoms. The van der Waals surface area contributed by atoms with Crippen molar-refractivity contribution in [3.05, 3.63) is 35.0 Å². The fourth-order valence-corrected chi connectivity index (χ4v) is 4.86. The summed E-state index contributed by atoms with van der Waals surface area (Å²) in [5.74, 6) is 2.06. The normalized spacial score (nSPS) is 30.6. The zero-order valence-corrected chi connectivity index (χ0v) is 16.0. The maximum absolute atomic E-state index is 13.3. The minimum Gasteiger partial charge on any atom is -0.334 e. The molecule has 0 radical (unpaired) electrons. The lowest BCUT2D eigenvalue weighted by Crippen LogP contribution is -2.44. The SMILES string of the molecule is CC12CCN(CCCCc3cccc(n3)NC3=NCC4=C3CN(C4)C1=O)C2. The lowest BCUT2D eigenvalue weighted by Gasteiger charge is -2.30. The number of rotatable bonds is 0. The molecular formula is C21H27N5O. The first-order chi connectivity index (χ1) is 13.1. The minimum absolute atomic E-state index is 0.243. The summed E-state index contributed by atoms with van der Waals surface area (Å²) in [6, 6.07) is 6.17. The summed E-state index contributed by atoms with van der Waals surface area (Å²) in [6.07, 6.45) is 4.23. The number of amidine groups is 1. The summed E-state index contributed by atoms with van der Waals surface area (Å²) in [7, 11) is 0. The molecule has 2 unspecified atom stereocenters. The molecule has 1 saturated heterocycles. The van der Waals surface area contributed by atoms with Crippen LogP contribution in [0.25, 0.3) is 0 Å². The monoisotopic (exact) mass is 365 g/mol. The van der Waals surface area contributed by atoms with Gasteiger partial charge < -0.3 is 15.1 Å². The maximum atomic E-state index is 13.3. The van der Waals surface area contributed by atoms with Gasteiger partial charge in [-0.15, -0.1) is 0 Å². The second-order valence-electron chi connectivity index (χ2n) is 8.59. The lowest BCUT2D eigenvalue weighted by atomic mass is 9.88. The Kier molecular flexibility index (Phi) is 4.04. The maximum Gasteiger partial charge on any atom is 0.230 e. The highest BCUT2D eigenvalue weighted by Gasteiger charge is 2.44. The number of carbonyl (C=O) groups is 1. The molecule has 1 fully saturated rings. The Bertz CT molecular complexity index is 845. The molecule has 142 valence electrons. The number of aromatic nitrogens is 1. The first kappa shape index (κ1) is 16.9. The molecule has 6 heteroatoms. The Labute approximate surface area is 160 Å². The average Bonchev–Trinajstić information content (AvgIpc) is 3.34. The van der Waals surface area contributed by atoms with Crippen molar-refractivity contribution in [2.45, 2.75) is 32.6 Å². The topological polar surface area (TPSA) is 60.8 Å². The molecule has 6 bridgehead atoms. The Hall–Kier alpha value is -2.21. The number of hydrogen-bond donors (Lipinski definition) is 1. The van der Waals surface area contributed by atoms with E-state index in [0.29, 0.717) is 19.0 Å². The van der Waals surface area contributed by atoms with Gasteiger partial charge in [0.15, 0.2) is 0 Å². The van der Waals surface area contributed by atoms with Crippen LogP contribution in [0.2, 0.25) is 0 Å². The third-order valence-electron chi connectivity index (χ3n) is 6.44. The Balaban J connectivity index is 1.44. The second-order valence-corrected chi connectivity index (χ2v) is 8.59. The van der Waals surface area contributed by atoms with Gasteiger partial charge in [0, 0.05) is 30.9 Å². The predicted molar refractivity (Wildman–Crippen MR) is 106 cm³/mol.